The van der Waals surface area contributed by atoms with E-state index in [9.17, 15) is 9.59 Å². The third-order valence-corrected chi connectivity index (χ3v) is 2.76. The molecule has 0 radical (unpaired) electrons. The van der Waals surface area contributed by atoms with Crippen molar-refractivity contribution in [2.45, 2.75) is 12.5 Å². The molecule has 0 bridgehead atoms. The number of hydrogen-bond donors (Lipinski definition) is 2. The molecule has 0 saturated carbocycles. The first kappa shape index (κ1) is 12.1. The molecule has 0 aliphatic heterocycles. The van der Waals surface area contributed by atoms with Crippen LogP contribution >= 0.6 is 22.9 Å². The van der Waals surface area contributed by atoms with Crippen molar-refractivity contribution in [1.29, 1.82) is 0 Å². The lowest BCUT2D eigenvalue weighted by atomic mass is 10.1. The molecule has 1 rings (SSSR count). The molecule has 15 heavy (non-hydrogen) atoms. The van der Waals surface area contributed by atoms with Crippen LogP contribution in [0.2, 0.25) is 0 Å². The van der Waals surface area contributed by atoms with E-state index in [4.69, 9.17) is 5.11 Å². The second kappa shape index (κ2) is 5.82. The molecule has 0 aliphatic rings. The first-order valence-electron chi connectivity index (χ1n) is 4.31. The molecule has 0 amide bonds. The lowest BCUT2D eigenvalue weighted by molar-refractivity contribution is -0.109. The maximum Gasteiger partial charge on any atom is 0.335 e. The quantitative estimate of drug-likeness (QED) is 0.490. The summed E-state index contributed by atoms with van der Waals surface area (Å²) < 4.78 is 2.82. The highest BCUT2D eigenvalue weighted by molar-refractivity contribution is 14.1. The van der Waals surface area contributed by atoms with E-state index in [1.54, 1.807) is 12.1 Å². The molecule has 1 atom stereocenters. The van der Waals surface area contributed by atoms with Crippen LogP contribution in [-0.2, 0) is 11.2 Å². The molecule has 80 valence electrons. The molecule has 0 saturated heterocycles. The largest absolute Gasteiger partial charge is 0.478 e. The fourth-order valence-electron chi connectivity index (χ4n) is 1.15. The normalized spacial score (nSPS) is 12.1. The molecule has 0 aliphatic carbocycles. The number of nitrogens with one attached hydrogen (secondary N) is 1. The average Bonchev–Trinajstić information content (AvgIpc) is 2.26. The van der Waals surface area contributed by atoms with Crippen molar-refractivity contribution in [2.24, 2.45) is 0 Å². The highest BCUT2D eigenvalue weighted by atomic mass is 127. The maximum absolute atomic E-state index is 10.6. The molecular formula is C10H10INO3. The second-order valence-electron chi connectivity index (χ2n) is 3.06. The molecule has 0 unspecified atom stereocenters. The Labute approximate surface area is 101 Å². The van der Waals surface area contributed by atoms with Crippen molar-refractivity contribution < 1.29 is 14.7 Å². The lowest BCUT2D eigenvalue weighted by Gasteiger charge is -2.07. The van der Waals surface area contributed by atoms with Gasteiger partial charge in [-0.2, -0.15) is 0 Å². The Kier molecular flexibility index (Phi) is 4.70. The Morgan fingerprint density at radius 1 is 1.47 bits per heavy atom. The third kappa shape index (κ3) is 3.60. The number of carboxylic acids is 1. The minimum absolute atomic E-state index is 0.235. The Morgan fingerprint density at radius 2 is 2.07 bits per heavy atom. The van der Waals surface area contributed by atoms with E-state index in [2.05, 4.69) is 3.53 Å². The van der Waals surface area contributed by atoms with Crippen molar-refractivity contribution in [3.63, 3.8) is 0 Å². The standard InChI is InChI=1S/C10H10INO3/c11-12-9(6-13)5-7-1-3-8(4-2-7)10(14)15/h1-4,6,9,12H,5H2,(H,14,15)/t9-/m0/s1. The molecule has 5 heteroatoms. The highest BCUT2D eigenvalue weighted by Crippen LogP contribution is 2.07. The molecule has 4 nitrogen and oxygen atoms in total. The van der Waals surface area contributed by atoms with Crippen LogP contribution in [0.4, 0.5) is 0 Å². The van der Waals surface area contributed by atoms with E-state index >= 15 is 0 Å². The number of carbonyl (C=O) groups excluding carboxylic acids is 1. The summed E-state index contributed by atoms with van der Waals surface area (Å²) in [7, 11) is 0. The predicted molar refractivity (Wildman–Crippen MR) is 64.1 cm³/mol. The number of aromatic carboxylic acids is 1. The summed E-state index contributed by atoms with van der Waals surface area (Å²) in [5, 5.41) is 8.68. The molecule has 1 aromatic rings. The summed E-state index contributed by atoms with van der Waals surface area (Å²) in [6.07, 6.45) is 1.39. The Hall–Kier alpha value is -0.950. The van der Waals surface area contributed by atoms with Gasteiger partial charge in [0.1, 0.15) is 6.29 Å². The molecule has 0 heterocycles. The van der Waals surface area contributed by atoms with Gasteiger partial charge in [0.25, 0.3) is 0 Å². The Balaban J connectivity index is 2.71. The number of carboxylic acid groups (broad SMARTS) is 1. The van der Waals surface area contributed by atoms with Gasteiger partial charge >= 0.3 is 5.97 Å². The zero-order valence-corrected chi connectivity index (χ0v) is 9.97. The lowest BCUT2D eigenvalue weighted by Crippen LogP contribution is -2.24. The van der Waals surface area contributed by atoms with E-state index in [0.717, 1.165) is 11.8 Å². The van der Waals surface area contributed by atoms with Gasteiger partial charge in [-0.15, -0.1) is 0 Å². The minimum Gasteiger partial charge on any atom is -0.478 e. The van der Waals surface area contributed by atoms with Gasteiger partial charge in [0.2, 0.25) is 0 Å². The summed E-state index contributed by atoms with van der Waals surface area (Å²) in [6.45, 7) is 0. The van der Waals surface area contributed by atoms with E-state index in [1.165, 1.54) is 12.1 Å². The smallest absolute Gasteiger partial charge is 0.335 e. The van der Waals surface area contributed by atoms with Gasteiger partial charge in [0.15, 0.2) is 0 Å². The zero-order valence-electron chi connectivity index (χ0n) is 7.81. The van der Waals surface area contributed by atoms with Crippen LogP contribution in [0.25, 0.3) is 0 Å². The van der Waals surface area contributed by atoms with E-state index in [-0.39, 0.29) is 11.6 Å². The molecular weight excluding hydrogens is 309 g/mol. The van der Waals surface area contributed by atoms with E-state index in [1.807, 2.05) is 22.9 Å². The van der Waals surface area contributed by atoms with Crippen molar-refractivity contribution in [2.75, 3.05) is 0 Å². The van der Waals surface area contributed by atoms with E-state index in [0.29, 0.717) is 6.42 Å². The summed E-state index contributed by atoms with van der Waals surface area (Å²) in [6, 6.07) is 6.27. The van der Waals surface area contributed by atoms with Crippen LogP contribution in [0.1, 0.15) is 15.9 Å². The summed E-state index contributed by atoms with van der Waals surface area (Å²) in [4.78, 5) is 21.1. The topological polar surface area (TPSA) is 66.4 Å². The Morgan fingerprint density at radius 3 is 2.47 bits per heavy atom. The first-order chi connectivity index (χ1) is 7.17. The Bertz CT molecular complexity index is 350. The molecule has 0 spiro atoms. The van der Waals surface area contributed by atoms with Crippen LogP contribution in [0.15, 0.2) is 24.3 Å². The SMILES string of the molecule is O=C[C@H](Cc1ccc(C(=O)O)cc1)NI. The number of benzene rings is 1. The number of rotatable bonds is 5. The number of aldehydes is 1. The van der Waals surface area contributed by atoms with Gasteiger partial charge < -0.3 is 9.90 Å². The van der Waals surface area contributed by atoms with Crippen LogP contribution in [-0.4, -0.2) is 23.4 Å². The van der Waals surface area contributed by atoms with Crippen molar-refractivity contribution in [3.05, 3.63) is 35.4 Å². The van der Waals surface area contributed by atoms with Crippen LogP contribution in [0, 0.1) is 0 Å². The van der Waals surface area contributed by atoms with Crippen molar-refractivity contribution in [1.82, 2.24) is 3.53 Å². The van der Waals surface area contributed by atoms with Gasteiger partial charge in [-0.25, -0.2) is 4.79 Å². The zero-order chi connectivity index (χ0) is 11.3. The monoisotopic (exact) mass is 319 g/mol. The van der Waals surface area contributed by atoms with Gasteiger partial charge in [0, 0.05) is 22.9 Å². The minimum atomic E-state index is -0.944. The van der Waals surface area contributed by atoms with E-state index < -0.39 is 5.97 Å². The van der Waals surface area contributed by atoms with Gasteiger partial charge in [0.05, 0.1) is 11.6 Å². The van der Waals surface area contributed by atoms with Crippen molar-refractivity contribution in [3.8, 4) is 0 Å². The fourth-order valence-corrected chi connectivity index (χ4v) is 1.52. The number of hydrogen-bond acceptors (Lipinski definition) is 3. The summed E-state index contributed by atoms with van der Waals surface area (Å²) in [5.41, 5.74) is 1.19. The number of carbonyl (C=O) groups is 2. The second-order valence-corrected chi connectivity index (χ2v) is 3.68. The average molecular weight is 319 g/mol. The van der Waals surface area contributed by atoms with Crippen LogP contribution < -0.4 is 3.53 Å². The van der Waals surface area contributed by atoms with Crippen LogP contribution in [0.3, 0.4) is 0 Å². The molecule has 2 N–H and O–H groups in total. The summed E-state index contributed by atoms with van der Waals surface area (Å²) in [5.74, 6) is -0.944. The van der Waals surface area contributed by atoms with Gasteiger partial charge in [-0.3, -0.25) is 3.53 Å². The molecule has 0 aromatic heterocycles. The predicted octanol–water partition coefficient (Wildman–Crippen LogP) is 1.43. The van der Waals surface area contributed by atoms with Gasteiger partial charge in [-0.1, -0.05) is 12.1 Å². The first-order valence-corrected chi connectivity index (χ1v) is 5.39. The molecule has 1 aromatic carbocycles. The highest BCUT2D eigenvalue weighted by Gasteiger charge is 2.07. The maximum atomic E-state index is 10.6. The summed E-state index contributed by atoms with van der Waals surface area (Å²) >= 11 is 1.92. The fraction of sp³-hybridized carbons (Fsp3) is 0.200. The van der Waals surface area contributed by atoms with Crippen LogP contribution in [0.5, 0.6) is 0 Å². The third-order valence-electron chi connectivity index (χ3n) is 1.96. The number of halogens is 1. The van der Waals surface area contributed by atoms with Crippen molar-refractivity contribution >= 4 is 35.1 Å². The molecule has 0 fully saturated rings. The van der Waals surface area contributed by atoms with Gasteiger partial charge in [-0.05, 0) is 24.1 Å².